The maximum Gasteiger partial charge on any atom is 0.0644 e. The smallest absolute Gasteiger partial charge is 0.0644 e. The average Bonchev–Trinajstić information content (AvgIpc) is 2.38. The highest BCUT2D eigenvalue weighted by Crippen LogP contribution is 2.39. The zero-order valence-electron chi connectivity index (χ0n) is 10.9. The fourth-order valence-electron chi connectivity index (χ4n) is 2.74. The third kappa shape index (κ3) is 1.88. The Morgan fingerprint density at radius 3 is 2.50 bits per heavy atom. The Balaban J connectivity index is 2.29. The summed E-state index contributed by atoms with van der Waals surface area (Å²) >= 11 is 0. The highest BCUT2D eigenvalue weighted by molar-refractivity contribution is 5.29. The molecule has 1 atom stereocenters. The van der Waals surface area contributed by atoms with E-state index in [9.17, 15) is 0 Å². The van der Waals surface area contributed by atoms with Gasteiger partial charge in [-0.2, -0.15) is 5.10 Å². The standard InChI is InChI=1S/C13H23N3/c1-5-14-13(11-7-6-8-11)12-9(2)15-16(4)10(12)3/h11,13-14H,5-8H2,1-4H3. The lowest BCUT2D eigenvalue weighted by Gasteiger charge is -2.34. The summed E-state index contributed by atoms with van der Waals surface area (Å²) in [6.07, 6.45) is 4.13. The van der Waals surface area contributed by atoms with Crippen LogP contribution in [0.5, 0.6) is 0 Å². The Morgan fingerprint density at radius 2 is 2.12 bits per heavy atom. The number of hydrogen-bond acceptors (Lipinski definition) is 2. The molecule has 1 unspecified atom stereocenters. The lowest BCUT2D eigenvalue weighted by Crippen LogP contribution is -2.32. The third-order valence-electron chi connectivity index (χ3n) is 3.92. The van der Waals surface area contributed by atoms with E-state index in [2.05, 4.69) is 31.2 Å². The molecule has 90 valence electrons. The van der Waals surface area contributed by atoms with Gasteiger partial charge in [-0.3, -0.25) is 4.68 Å². The van der Waals surface area contributed by atoms with Crippen molar-refractivity contribution in [1.29, 1.82) is 0 Å². The van der Waals surface area contributed by atoms with Crippen LogP contribution in [0.2, 0.25) is 0 Å². The van der Waals surface area contributed by atoms with Crippen molar-refractivity contribution in [2.45, 2.75) is 46.1 Å². The van der Waals surface area contributed by atoms with Crippen molar-refractivity contribution in [1.82, 2.24) is 15.1 Å². The van der Waals surface area contributed by atoms with Crippen LogP contribution in [-0.2, 0) is 7.05 Å². The second-order valence-electron chi connectivity index (χ2n) is 4.93. The van der Waals surface area contributed by atoms with Crippen molar-refractivity contribution < 1.29 is 0 Å². The second kappa shape index (κ2) is 4.58. The first kappa shape index (κ1) is 11.6. The molecule has 1 aromatic rings. The number of nitrogens with zero attached hydrogens (tertiary/aromatic N) is 2. The van der Waals surface area contributed by atoms with Gasteiger partial charge in [-0.1, -0.05) is 13.3 Å². The zero-order valence-corrected chi connectivity index (χ0v) is 10.9. The number of rotatable bonds is 4. The molecule has 1 aliphatic rings. The highest BCUT2D eigenvalue weighted by atomic mass is 15.3. The molecule has 3 heteroatoms. The van der Waals surface area contributed by atoms with E-state index in [0.29, 0.717) is 6.04 Å². The number of nitrogens with one attached hydrogen (secondary N) is 1. The molecular formula is C13H23N3. The van der Waals surface area contributed by atoms with Crippen LogP contribution in [0.4, 0.5) is 0 Å². The summed E-state index contributed by atoms with van der Waals surface area (Å²) in [5, 5.41) is 8.17. The van der Waals surface area contributed by atoms with Crippen molar-refractivity contribution in [3.63, 3.8) is 0 Å². The largest absolute Gasteiger partial charge is 0.310 e. The molecule has 3 nitrogen and oxygen atoms in total. The second-order valence-corrected chi connectivity index (χ2v) is 4.93. The minimum atomic E-state index is 0.521. The molecule has 1 aromatic heterocycles. The summed E-state index contributed by atoms with van der Waals surface area (Å²) < 4.78 is 2.01. The molecule has 1 aliphatic carbocycles. The molecule has 2 rings (SSSR count). The summed E-state index contributed by atoms with van der Waals surface area (Å²) in [7, 11) is 2.04. The highest BCUT2D eigenvalue weighted by Gasteiger charge is 2.31. The molecule has 1 saturated carbocycles. The summed E-state index contributed by atoms with van der Waals surface area (Å²) in [6, 6.07) is 0.521. The van der Waals surface area contributed by atoms with E-state index in [4.69, 9.17) is 0 Å². The lowest BCUT2D eigenvalue weighted by atomic mass is 9.76. The Bertz CT molecular complexity index is 363. The first-order valence-corrected chi connectivity index (χ1v) is 6.38. The van der Waals surface area contributed by atoms with Crippen molar-refractivity contribution in [2.75, 3.05) is 6.54 Å². The summed E-state index contributed by atoms with van der Waals surface area (Å²) in [4.78, 5) is 0. The number of aryl methyl sites for hydroxylation is 2. The van der Waals surface area contributed by atoms with Crippen LogP contribution in [-0.4, -0.2) is 16.3 Å². The Kier molecular flexibility index (Phi) is 3.33. The van der Waals surface area contributed by atoms with Gasteiger partial charge in [0.1, 0.15) is 0 Å². The molecule has 0 aromatic carbocycles. The molecule has 0 radical (unpaired) electrons. The van der Waals surface area contributed by atoms with Gasteiger partial charge in [0, 0.05) is 24.3 Å². The molecule has 1 N–H and O–H groups in total. The quantitative estimate of drug-likeness (QED) is 0.846. The minimum absolute atomic E-state index is 0.521. The fraction of sp³-hybridized carbons (Fsp3) is 0.769. The summed E-state index contributed by atoms with van der Waals surface area (Å²) in [5.74, 6) is 0.821. The third-order valence-corrected chi connectivity index (χ3v) is 3.92. The van der Waals surface area contributed by atoms with Gasteiger partial charge in [0.2, 0.25) is 0 Å². The molecule has 0 saturated heterocycles. The van der Waals surface area contributed by atoms with E-state index in [1.807, 2.05) is 11.7 Å². The van der Waals surface area contributed by atoms with Gasteiger partial charge in [-0.15, -0.1) is 0 Å². The lowest BCUT2D eigenvalue weighted by molar-refractivity contribution is 0.232. The van der Waals surface area contributed by atoms with E-state index in [-0.39, 0.29) is 0 Å². The van der Waals surface area contributed by atoms with Crippen molar-refractivity contribution in [3.8, 4) is 0 Å². The Morgan fingerprint density at radius 1 is 1.44 bits per heavy atom. The SMILES string of the molecule is CCNC(c1c(C)nn(C)c1C)C1CCC1. The number of aromatic nitrogens is 2. The van der Waals surface area contributed by atoms with E-state index >= 15 is 0 Å². The van der Waals surface area contributed by atoms with E-state index < -0.39 is 0 Å². The maximum atomic E-state index is 4.53. The monoisotopic (exact) mass is 221 g/mol. The van der Waals surface area contributed by atoms with Crippen LogP contribution in [0.25, 0.3) is 0 Å². The molecule has 0 spiro atoms. The van der Waals surface area contributed by atoms with Gasteiger partial charge >= 0.3 is 0 Å². The maximum absolute atomic E-state index is 4.53. The van der Waals surface area contributed by atoms with Gasteiger partial charge in [-0.05, 0) is 39.2 Å². The van der Waals surface area contributed by atoms with Crippen LogP contribution >= 0.6 is 0 Å². The molecule has 0 aliphatic heterocycles. The Labute approximate surface area is 98.2 Å². The normalized spacial score (nSPS) is 18.5. The van der Waals surface area contributed by atoms with Gasteiger partial charge in [0.15, 0.2) is 0 Å². The van der Waals surface area contributed by atoms with E-state index in [1.54, 1.807) is 0 Å². The molecule has 0 bridgehead atoms. The van der Waals surface area contributed by atoms with Crippen LogP contribution in [0.3, 0.4) is 0 Å². The van der Waals surface area contributed by atoms with Crippen molar-refractivity contribution in [2.24, 2.45) is 13.0 Å². The zero-order chi connectivity index (χ0) is 11.7. The molecule has 0 amide bonds. The molecular weight excluding hydrogens is 198 g/mol. The van der Waals surface area contributed by atoms with Crippen LogP contribution in [0.15, 0.2) is 0 Å². The molecule has 1 heterocycles. The predicted octanol–water partition coefficient (Wildman–Crippen LogP) is 2.49. The fourth-order valence-corrected chi connectivity index (χ4v) is 2.74. The van der Waals surface area contributed by atoms with Gasteiger partial charge in [-0.25, -0.2) is 0 Å². The van der Waals surface area contributed by atoms with Crippen LogP contribution in [0, 0.1) is 19.8 Å². The van der Waals surface area contributed by atoms with Gasteiger partial charge in [0.05, 0.1) is 5.69 Å². The van der Waals surface area contributed by atoms with Crippen molar-refractivity contribution >= 4 is 0 Å². The summed E-state index contributed by atoms with van der Waals surface area (Å²) in [6.45, 7) is 7.53. The first-order valence-electron chi connectivity index (χ1n) is 6.38. The number of hydrogen-bond donors (Lipinski definition) is 1. The molecule has 1 fully saturated rings. The van der Waals surface area contributed by atoms with Crippen molar-refractivity contribution in [3.05, 3.63) is 17.0 Å². The average molecular weight is 221 g/mol. The first-order chi connectivity index (χ1) is 7.65. The topological polar surface area (TPSA) is 29.9 Å². The van der Waals surface area contributed by atoms with Crippen LogP contribution < -0.4 is 5.32 Å². The summed E-state index contributed by atoms with van der Waals surface area (Å²) in [5.41, 5.74) is 3.95. The van der Waals surface area contributed by atoms with Gasteiger partial charge < -0.3 is 5.32 Å². The van der Waals surface area contributed by atoms with E-state index in [1.165, 1.54) is 36.2 Å². The molecule has 16 heavy (non-hydrogen) atoms. The Hall–Kier alpha value is -0.830. The van der Waals surface area contributed by atoms with E-state index in [0.717, 1.165) is 12.5 Å². The minimum Gasteiger partial charge on any atom is -0.310 e. The van der Waals surface area contributed by atoms with Gasteiger partial charge in [0.25, 0.3) is 0 Å². The van der Waals surface area contributed by atoms with Crippen LogP contribution in [0.1, 0.15) is 49.2 Å². The predicted molar refractivity (Wildman–Crippen MR) is 66.4 cm³/mol.